The number of ether oxygens (including phenoxy) is 1. The van der Waals surface area contributed by atoms with Crippen LogP contribution in [0, 0.1) is 11.8 Å². The minimum Gasteiger partial charge on any atom is -0.485 e. The van der Waals surface area contributed by atoms with E-state index in [0.29, 0.717) is 5.92 Å². The van der Waals surface area contributed by atoms with E-state index in [1.54, 1.807) is 0 Å². The molecule has 1 aliphatic carbocycles. The Morgan fingerprint density at radius 1 is 0.862 bits per heavy atom. The number of benzene rings is 3. The zero-order valence-corrected chi connectivity index (χ0v) is 17.9. The Bertz CT molecular complexity index is 928. The van der Waals surface area contributed by atoms with Crippen molar-refractivity contribution < 1.29 is 4.74 Å². The molecule has 1 unspecified atom stereocenters. The normalized spacial score (nSPS) is 19.7. The highest BCUT2D eigenvalue weighted by atomic mass is 16.5. The maximum Gasteiger partial charge on any atom is 0.127 e. The first-order chi connectivity index (χ1) is 14.3. The molecule has 1 aliphatic rings. The fraction of sp³-hybridized carbons (Fsp3) is 0.429. The van der Waals surface area contributed by atoms with Gasteiger partial charge in [0.05, 0.1) is 0 Å². The van der Waals surface area contributed by atoms with Crippen molar-refractivity contribution in [2.75, 3.05) is 0 Å². The van der Waals surface area contributed by atoms with E-state index in [0.717, 1.165) is 11.7 Å². The van der Waals surface area contributed by atoms with Gasteiger partial charge in [0.15, 0.2) is 0 Å². The highest BCUT2D eigenvalue weighted by Crippen LogP contribution is 2.44. The van der Waals surface area contributed by atoms with Gasteiger partial charge in [-0.25, -0.2) is 0 Å². The molecule has 0 heterocycles. The lowest BCUT2D eigenvalue weighted by molar-refractivity contribution is 0.0705. The Morgan fingerprint density at radius 2 is 1.66 bits per heavy atom. The van der Waals surface area contributed by atoms with Crippen LogP contribution < -0.4 is 4.74 Å². The number of rotatable bonds is 8. The van der Waals surface area contributed by atoms with Crippen molar-refractivity contribution >= 4 is 10.8 Å². The van der Waals surface area contributed by atoms with Crippen LogP contribution in [0.5, 0.6) is 5.75 Å². The van der Waals surface area contributed by atoms with E-state index < -0.39 is 0 Å². The van der Waals surface area contributed by atoms with Crippen molar-refractivity contribution in [3.63, 3.8) is 0 Å². The third kappa shape index (κ3) is 4.50. The van der Waals surface area contributed by atoms with E-state index in [1.807, 2.05) is 0 Å². The average Bonchev–Trinajstić information content (AvgIpc) is 2.77. The van der Waals surface area contributed by atoms with E-state index in [4.69, 9.17) is 4.74 Å². The van der Waals surface area contributed by atoms with Gasteiger partial charge in [0.2, 0.25) is 0 Å². The number of hydrogen-bond acceptors (Lipinski definition) is 1. The molecule has 0 radical (unpaired) electrons. The summed E-state index contributed by atoms with van der Waals surface area (Å²) < 4.78 is 6.81. The molecule has 0 aromatic heterocycles. The summed E-state index contributed by atoms with van der Waals surface area (Å²) in [7, 11) is 0. The molecule has 0 spiro atoms. The topological polar surface area (TPSA) is 9.23 Å². The lowest BCUT2D eigenvalue weighted by Gasteiger charge is -2.39. The summed E-state index contributed by atoms with van der Waals surface area (Å²) in [5.74, 6) is 2.35. The first kappa shape index (κ1) is 20.0. The Labute approximate surface area is 176 Å². The van der Waals surface area contributed by atoms with Crippen LogP contribution in [-0.4, -0.2) is 0 Å². The summed E-state index contributed by atoms with van der Waals surface area (Å²) in [4.78, 5) is 0. The maximum atomic E-state index is 6.81. The van der Waals surface area contributed by atoms with Crippen molar-refractivity contribution in [2.24, 2.45) is 11.8 Å². The molecule has 152 valence electrons. The van der Waals surface area contributed by atoms with Gasteiger partial charge in [0.25, 0.3) is 0 Å². The Hall–Kier alpha value is -2.28. The van der Waals surface area contributed by atoms with Crippen LogP contribution in [0.2, 0.25) is 0 Å². The molecule has 4 rings (SSSR count). The molecule has 1 nitrogen and oxygen atoms in total. The van der Waals surface area contributed by atoms with Crippen molar-refractivity contribution in [1.82, 2.24) is 0 Å². The molecule has 0 bridgehead atoms. The third-order valence-corrected chi connectivity index (χ3v) is 6.67. The second-order valence-electron chi connectivity index (χ2n) is 8.64. The summed E-state index contributed by atoms with van der Waals surface area (Å²) in [6.07, 6.45) is 9.09. The lowest BCUT2D eigenvalue weighted by atomic mass is 9.72. The molecule has 0 saturated heterocycles. The van der Waals surface area contributed by atoms with Gasteiger partial charge in [-0.2, -0.15) is 0 Å². The van der Waals surface area contributed by atoms with Gasteiger partial charge in [-0.15, -0.1) is 0 Å². The standard InChI is InChI=1S/C28H34O/c1-3-5-11-22(10-4-2)27-19-17-23-13-8-9-15-26(23)28(27)29-25-18-16-21-12-6-7-14-24(21)20-25/h6-9,12-16,18,20,22,27-28H,3-5,10-11,17,19H2,1-2H3/t22-,27?,28-/m0/s1. The van der Waals surface area contributed by atoms with Gasteiger partial charge in [-0.1, -0.05) is 101 Å². The summed E-state index contributed by atoms with van der Waals surface area (Å²) in [5.41, 5.74) is 2.88. The van der Waals surface area contributed by atoms with Gasteiger partial charge >= 0.3 is 0 Å². The SMILES string of the molecule is CCCC[C@H](CCC)C1CCc2ccccc2[C@@H]1Oc1ccc2ccccc2c1. The molecular weight excluding hydrogens is 352 g/mol. The van der Waals surface area contributed by atoms with Gasteiger partial charge < -0.3 is 4.74 Å². The molecular formula is C28H34O. The third-order valence-electron chi connectivity index (χ3n) is 6.67. The molecule has 3 atom stereocenters. The summed E-state index contributed by atoms with van der Waals surface area (Å²) in [6.45, 7) is 4.64. The predicted octanol–water partition coefficient (Wildman–Crippen LogP) is 8.13. The van der Waals surface area contributed by atoms with E-state index >= 15 is 0 Å². The highest BCUT2D eigenvalue weighted by molar-refractivity contribution is 5.83. The zero-order chi connectivity index (χ0) is 20.1. The second-order valence-corrected chi connectivity index (χ2v) is 8.64. The summed E-state index contributed by atoms with van der Waals surface area (Å²) >= 11 is 0. The van der Waals surface area contributed by atoms with Crippen LogP contribution in [0.1, 0.15) is 69.6 Å². The highest BCUT2D eigenvalue weighted by Gasteiger charge is 2.35. The van der Waals surface area contributed by atoms with E-state index in [1.165, 1.54) is 66.8 Å². The van der Waals surface area contributed by atoms with Crippen molar-refractivity contribution in [2.45, 2.75) is 64.9 Å². The van der Waals surface area contributed by atoms with Crippen LogP contribution in [0.25, 0.3) is 10.8 Å². The van der Waals surface area contributed by atoms with Crippen molar-refractivity contribution in [3.8, 4) is 5.75 Å². The fourth-order valence-corrected chi connectivity index (χ4v) is 5.17. The first-order valence-corrected chi connectivity index (χ1v) is 11.5. The van der Waals surface area contributed by atoms with Gasteiger partial charge in [0.1, 0.15) is 11.9 Å². The predicted molar refractivity (Wildman–Crippen MR) is 123 cm³/mol. The van der Waals surface area contributed by atoms with Crippen molar-refractivity contribution in [3.05, 3.63) is 77.9 Å². The second kappa shape index (κ2) is 9.48. The Morgan fingerprint density at radius 3 is 2.48 bits per heavy atom. The maximum absolute atomic E-state index is 6.81. The number of hydrogen-bond donors (Lipinski definition) is 0. The smallest absolute Gasteiger partial charge is 0.127 e. The van der Waals surface area contributed by atoms with Gasteiger partial charge in [-0.3, -0.25) is 0 Å². The zero-order valence-electron chi connectivity index (χ0n) is 17.9. The van der Waals surface area contributed by atoms with Crippen LogP contribution >= 0.6 is 0 Å². The largest absolute Gasteiger partial charge is 0.485 e. The molecule has 0 saturated carbocycles. The van der Waals surface area contributed by atoms with Crippen molar-refractivity contribution in [1.29, 1.82) is 0 Å². The van der Waals surface area contributed by atoms with E-state index in [9.17, 15) is 0 Å². The fourth-order valence-electron chi connectivity index (χ4n) is 5.17. The van der Waals surface area contributed by atoms with Gasteiger partial charge in [0, 0.05) is 5.92 Å². The van der Waals surface area contributed by atoms with Crippen LogP contribution in [0.15, 0.2) is 66.7 Å². The first-order valence-electron chi connectivity index (χ1n) is 11.5. The molecule has 0 aliphatic heterocycles. The quantitative estimate of drug-likeness (QED) is 0.380. The lowest BCUT2D eigenvalue weighted by Crippen LogP contribution is -2.31. The summed E-state index contributed by atoms with van der Waals surface area (Å²) in [6, 6.07) is 24.0. The van der Waals surface area contributed by atoms with E-state index in [-0.39, 0.29) is 6.10 Å². The number of unbranched alkanes of at least 4 members (excludes halogenated alkanes) is 1. The molecule has 0 N–H and O–H groups in total. The molecule has 0 amide bonds. The monoisotopic (exact) mass is 386 g/mol. The van der Waals surface area contributed by atoms with E-state index in [2.05, 4.69) is 80.6 Å². The summed E-state index contributed by atoms with van der Waals surface area (Å²) in [5, 5.41) is 2.52. The Balaban J connectivity index is 1.67. The van der Waals surface area contributed by atoms with Crippen LogP contribution in [-0.2, 0) is 6.42 Å². The molecule has 1 heteroatoms. The molecule has 29 heavy (non-hydrogen) atoms. The van der Waals surface area contributed by atoms with Crippen LogP contribution in [0.4, 0.5) is 0 Å². The Kier molecular flexibility index (Phi) is 6.54. The number of fused-ring (bicyclic) bond motifs is 2. The average molecular weight is 387 g/mol. The minimum absolute atomic E-state index is 0.162. The minimum atomic E-state index is 0.162. The molecule has 0 fully saturated rings. The molecule has 3 aromatic rings. The van der Waals surface area contributed by atoms with Crippen LogP contribution in [0.3, 0.4) is 0 Å². The van der Waals surface area contributed by atoms with Gasteiger partial charge in [-0.05, 0) is 52.8 Å². The number of aryl methyl sites for hydroxylation is 1. The molecule has 3 aromatic carbocycles.